The molecule has 25 heavy (non-hydrogen) atoms. The van der Waals surface area contributed by atoms with E-state index in [0.29, 0.717) is 16.5 Å². The van der Waals surface area contributed by atoms with Gasteiger partial charge in [-0.3, -0.25) is 10.1 Å². The van der Waals surface area contributed by atoms with E-state index in [-0.39, 0.29) is 5.91 Å². The maximum absolute atomic E-state index is 12.6. The minimum atomic E-state index is -0.264. The number of benzene rings is 2. The number of anilines is 1. The first-order valence-electron chi connectivity index (χ1n) is 7.67. The first-order chi connectivity index (χ1) is 12.2. The van der Waals surface area contributed by atoms with Crippen molar-refractivity contribution in [3.63, 3.8) is 0 Å². The number of aromatic nitrogens is 3. The van der Waals surface area contributed by atoms with Crippen molar-refractivity contribution >= 4 is 35.2 Å². The minimum Gasteiger partial charge on any atom is -0.290 e. The second-order valence-electron chi connectivity index (χ2n) is 5.47. The van der Waals surface area contributed by atoms with Crippen LogP contribution in [0.4, 0.5) is 5.95 Å². The van der Waals surface area contributed by atoms with Crippen molar-refractivity contribution in [2.45, 2.75) is 0 Å². The smallest absolute Gasteiger partial charge is 0.258 e. The molecule has 0 saturated heterocycles. The Morgan fingerprint density at radius 1 is 1.04 bits per heavy atom. The highest BCUT2D eigenvalue weighted by Crippen LogP contribution is 2.27. The molecule has 3 aromatic rings. The molecule has 1 aromatic heterocycles. The number of hydrogen-bond donors (Lipinski definition) is 1. The number of hydrogen-bond acceptors (Lipinski definition) is 3. The van der Waals surface area contributed by atoms with E-state index >= 15 is 0 Å². The van der Waals surface area contributed by atoms with Crippen LogP contribution in [0.5, 0.6) is 0 Å². The molecule has 2 aromatic carbocycles. The number of amides is 1. The molecule has 1 amide bonds. The number of fused-ring (bicyclic) bond motifs is 1. The van der Waals surface area contributed by atoms with Gasteiger partial charge in [-0.25, -0.2) is 0 Å². The molecule has 5 nitrogen and oxygen atoms in total. The van der Waals surface area contributed by atoms with Crippen LogP contribution in [0, 0.1) is 0 Å². The van der Waals surface area contributed by atoms with Gasteiger partial charge in [0, 0.05) is 16.2 Å². The highest BCUT2D eigenvalue weighted by molar-refractivity contribution is 6.32. The maximum atomic E-state index is 12.6. The fraction of sp³-hybridized carbons (Fsp3) is 0. The molecule has 0 atom stereocenters. The summed E-state index contributed by atoms with van der Waals surface area (Å²) in [5, 5.41) is 7.60. The molecule has 2 heterocycles. The van der Waals surface area contributed by atoms with Crippen molar-refractivity contribution in [3.05, 3.63) is 88.7 Å². The van der Waals surface area contributed by atoms with Gasteiger partial charge in [-0.1, -0.05) is 60.1 Å². The van der Waals surface area contributed by atoms with Crippen LogP contribution in [0.25, 0.3) is 11.8 Å². The Balaban J connectivity index is 1.90. The highest BCUT2D eigenvalue weighted by atomic mass is 35.5. The summed E-state index contributed by atoms with van der Waals surface area (Å²) in [5.41, 5.74) is 2.92. The standard InChI is InChI=1S/C19H13ClN4O/c20-16-9-5-4-8-14(16)10-15-11-17(13-6-2-1-3-7-13)24-19(21-12-22-24)23-18(15)25/h1-12H,(H,21,22,23,25)/b15-10-. The Bertz CT molecular complexity index is 1010. The third-order valence-corrected chi connectivity index (χ3v) is 4.19. The van der Waals surface area contributed by atoms with Gasteiger partial charge in [0.15, 0.2) is 0 Å². The Morgan fingerprint density at radius 2 is 1.80 bits per heavy atom. The lowest BCUT2D eigenvalue weighted by molar-refractivity contribution is -0.112. The first kappa shape index (κ1) is 15.4. The molecule has 0 unspecified atom stereocenters. The summed E-state index contributed by atoms with van der Waals surface area (Å²) < 4.78 is 1.61. The topological polar surface area (TPSA) is 59.8 Å². The molecule has 0 saturated carbocycles. The zero-order chi connectivity index (χ0) is 17.2. The summed E-state index contributed by atoms with van der Waals surface area (Å²) in [6, 6.07) is 17.1. The van der Waals surface area contributed by atoms with Crippen LogP contribution in [0.2, 0.25) is 5.02 Å². The number of rotatable bonds is 2. The number of halogens is 1. The van der Waals surface area contributed by atoms with E-state index < -0.39 is 0 Å². The molecule has 1 N–H and O–H groups in total. The van der Waals surface area contributed by atoms with Crippen LogP contribution >= 0.6 is 11.6 Å². The third-order valence-electron chi connectivity index (χ3n) is 3.84. The average Bonchev–Trinajstić information content (AvgIpc) is 3.03. The molecular formula is C19H13ClN4O. The van der Waals surface area contributed by atoms with Crippen molar-refractivity contribution < 1.29 is 4.79 Å². The van der Waals surface area contributed by atoms with Crippen LogP contribution in [0.15, 0.2) is 72.6 Å². The third kappa shape index (κ3) is 2.97. The van der Waals surface area contributed by atoms with E-state index in [1.165, 1.54) is 6.33 Å². The Labute approximate surface area is 149 Å². The maximum Gasteiger partial charge on any atom is 0.258 e. The summed E-state index contributed by atoms with van der Waals surface area (Å²) in [7, 11) is 0. The van der Waals surface area contributed by atoms with Crippen molar-refractivity contribution in [2.24, 2.45) is 0 Å². The van der Waals surface area contributed by atoms with Gasteiger partial charge in [-0.15, -0.1) is 0 Å². The van der Waals surface area contributed by atoms with E-state index in [0.717, 1.165) is 16.8 Å². The molecule has 0 radical (unpaired) electrons. The summed E-state index contributed by atoms with van der Waals surface area (Å²) in [5.74, 6) is 0.114. The van der Waals surface area contributed by atoms with Gasteiger partial charge < -0.3 is 0 Å². The van der Waals surface area contributed by atoms with Crippen LogP contribution in [-0.2, 0) is 4.79 Å². The van der Waals surface area contributed by atoms with Gasteiger partial charge >= 0.3 is 0 Å². The molecule has 122 valence electrons. The monoisotopic (exact) mass is 348 g/mol. The molecule has 1 aliphatic heterocycles. The zero-order valence-corrected chi connectivity index (χ0v) is 13.8. The molecule has 0 fully saturated rings. The predicted octanol–water partition coefficient (Wildman–Crippen LogP) is 3.86. The van der Waals surface area contributed by atoms with Crippen LogP contribution in [0.3, 0.4) is 0 Å². The molecule has 1 aliphatic rings. The van der Waals surface area contributed by atoms with Crippen molar-refractivity contribution in [1.82, 2.24) is 14.8 Å². The summed E-state index contributed by atoms with van der Waals surface area (Å²) in [6.07, 6.45) is 4.96. The second kappa shape index (κ2) is 6.37. The molecular weight excluding hydrogens is 336 g/mol. The second-order valence-corrected chi connectivity index (χ2v) is 5.87. The van der Waals surface area contributed by atoms with Gasteiger partial charge in [0.2, 0.25) is 5.95 Å². The number of carbonyl (C=O) groups is 1. The highest BCUT2D eigenvalue weighted by Gasteiger charge is 2.21. The molecule has 0 spiro atoms. The van der Waals surface area contributed by atoms with Crippen molar-refractivity contribution in [1.29, 1.82) is 0 Å². The largest absolute Gasteiger partial charge is 0.290 e. The fourth-order valence-electron chi connectivity index (χ4n) is 2.63. The van der Waals surface area contributed by atoms with E-state index in [1.54, 1.807) is 22.9 Å². The van der Waals surface area contributed by atoms with E-state index in [4.69, 9.17) is 11.6 Å². The summed E-state index contributed by atoms with van der Waals surface area (Å²) in [6.45, 7) is 0. The lowest BCUT2D eigenvalue weighted by Crippen LogP contribution is -2.14. The lowest BCUT2D eigenvalue weighted by Gasteiger charge is -2.07. The number of carbonyl (C=O) groups excluding carboxylic acids is 1. The number of nitrogens with one attached hydrogen (secondary N) is 1. The Kier molecular flexibility index (Phi) is 3.91. The zero-order valence-electron chi connectivity index (χ0n) is 13.1. The van der Waals surface area contributed by atoms with Gasteiger partial charge in [0.05, 0.1) is 5.70 Å². The molecule has 0 bridgehead atoms. The molecule has 6 heteroatoms. The summed E-state index contributed by atoms with van der Waals surface area (Å²) >= 11 is 6.23. The molecule has 4 rings (SSSR count). The lowest BCUT2D eigenvalue weighted by atomic mass is 10.1. The van der Waals surface area contributed by atoms with Crippen LogP contribution < -0.4 is 5.32 Å². The van der Waals surface area contributed by atoms with Gasteiger partial charge in [-0.2, -0.15) is 14.8 Å². The summed E-state index contributed by atoms with van der Waals surface area (Å²) in [4.78, 5) is 16.7. The number of nitrogens with zero attached hydrogens (tertiary/aromatic N) is 3. The average molecular weight is 349 g/mol. The Morgan fingerprint density at radius 3 is 2.60 bits per heavy atom. The van der Waals surface area contributed by atoms with Crippen LogP contribution in [0.1, 0.15) is 11.1 Å². The van der Waals surface area contributed by atoms with Gasteiger partial charge in [0.25, 0.3) is 5.91 Å². The minimum absolute atomic E-state index is 0.264. The van der Waals surface area contributed by atoms with E-state index in [2.05, 4.69) is 15.4 Å². The van der Waals surface area contributed by atoms with Crippen molar-refractivity contribution in [2.75, 3.05) is 5.32 Å². The SMILES string of the molecule is O=C1Nc2ncnn2C(c2ccccc2)=C/C1=C/c1ccccc1Cl. The van der Waals surface area contributed by atoms with E-state index in [9.17, 15) is 4.79 Å². The predicted molar refractivity (Wildman–Crippen MR) is 97.9 cm³/mol. The first-order valence-corrected chi connectivity index (χ1v) is 8.05. The van der Waals surface area contributed by atoms with Crippen molar-refractivity contribution in [3.8, 4) is 0 Å². The fourth-order valence-corrected chi connectivity index (χ4v) is 2.82. The van der Waals surface area contributed by atoms with E-state index in [1.807, 2.05) is 48.5 Å². The van der Waals surface area contributed by atoms with Crippen LogP contribution in [-0.4, -0.2) is 20.7 Å². The molecule has 0 aliphatic carbocycles. The van der Waals surface area contributed by atoms with Gasteiger partial charge in [0.1, 0.15) is 6.33 Å². The Hall–Kier alpha value is -3.18. The van der Waals surface area contributed by atoms with Gasteiger partial charge in [-0.05, 0) is 23.8 Å². The quantitative estimate of drug-likeness (QED) is 0.715. The normalized spacial score (nSPS) is 15.3.